The number of nitrogens with one attached hydrogen (secondary N) is 1. The van der Waals surface area contributed by atoms with E-state index in [1.54, 1.807) is 0 Å². The van der Waals surface area contributed by atoms with Gasteiger partial charge in [-0.1, -0.05) is 19.8 Å². The maximum Gasteiger partial charge on any atom is 0.0105 e. The van der Waals surface area contributed by atoms with E-state index in [1.807, 2.05) is 0 Å². The first kappa shape index (κ1) is 12.4. The Balaban J connectivity index is 1.74. The highest BCUT2D eigenvalue weighted by molar-refractivity contribution is 4.88. The van der Waals surface area contributed by atoms with Crippen molar-refractivity contribution < 1.29 is 0 Å². The van der Waals surface area contributed by atoms with Gasteiger partial charge in [-0.25, -0.2) is 0 Å². The lowest BCUT2D eigenvalue weighted by molar-refractivity contribution is 0.264. The van der Waals surface area contributed by atoms with Crippen LogP contribution in [-0.2, 0) is 0 Å². The van der Waals surface area contributed by atoms with Crippen molar-refractivity contribution in [3.05, 3.63) is 0 Å². The normalized spacial score (nSPS) is 40.5. The third kappa shape index (κ3) is 3.21. The van der Waals surface area contributed by atoms with E-state index in [-0.39, 0.29) is 0 Å². The fourth-order valence-corrected chi connectivity index (χ4v) is 3.50. The predicted octanol–water partition coefficient (Wildman–Crippen LogP) is 2.64. The lowest BCUT2D eigenvalue weighted by atomic mass is 9.86. The first-order valence-electron chi connectivity index (χ1n) is 7.07. The molecule has 0 aliphatic heterocycles. The molecule has 4 atom stereocenters. The van der Waals surface area contributed by atoms with Crippen LogP contribution in [0.3, 0.4) is 0 Å². The van der Waals surface area contributed by atoms with Crippen molar-refractivity contribution in [2.75, 3.05) is 14.1 Å². The van der Waals surface area contributed by atoms with Crippen LogP contribution in [0.5, 0.6) is 0 Å². The summed E-state index contributed by atoms with van der Waals surface area (Å²) in [6.07, 6.45) is 9.82. The van der Waals surface area contributed by atoms with Gasteiger partial charge in [0.15, 0.2) is 0 Å². The van der Waals surface area contributed by atoms with Gasteiger partial charge in [0.1, 0.15) is 0 Å². The average Bonchev–Trinajstić information content (AvgIpc) is 2.66. The summed E-state index contributed by atoms with van der Waals surface area (Å²) in [5.41, 5.74) is 0. The number of rotatable bonds is 3. The van der Waals surface area contributed by atoms with Crippen LogP contribution in [0, 0.1) is 5.92 Å². The van der Waals surface area contributed by atoms with Crippen LogP contribution in [0.4, 0.5) is 0 Å². The highest BCUT2D eigenvalue weighted by Crippen LogP contribution is 2.27. The highest BCUT2D eigenvalue weighted by Gasteiger charge is 2.28. The Bertz CT molecular complexity index is 215. The van der Waals surface area contributed by atoms with Crippen LogP contribution < -0.4 is 5.32 Å². The molecule has 2 saturated carbocycles. The van der Waals surface area contributed by atoms with Gasteiger partial charge in [0.25, 0.3) is 0 Å². The van der Waals surface area contributed by atoms with Gasteiger partial charge in [0.2, 0.25) is 0 Å². The molecule has 2 aliphatic rings. The SMILES string of the molecule is CC1CCCC(NC2CCC(N(C)C)C2)C1. The molecule has 0 amide bonds. The molecule has 2 fully saturated rings. The minimum absolute atomic E-state index is 0.794. The van der Waals surface area contributed by atoms with Crippen LogP contribution in [0.2, 0.25) is 0 Å². The lowest BCUT2D eigenvalue weighted by Gasteiger charge is -2.30. The van der Waals surface area contributed by atoms with Gasteiger partial charge in [-0.2, -0.15) is 0 Å². The Labute approximate surface area is 101 Å². The summed E-state index contributed by atoms with van der Waals surface area (Å²) < 4.78 is 0. The van der Waals surface area contributed by atoms with E-state index < -0.39 is 0 Å². The van der Waals surface area contributed by atoms with E-state index in [1.165, 1.54) is 44.9 Å². The zero-order valence-corrected chi connectivity index (χ0v) is 11.2. The van der Waals surface area contributed by atoms with Gasteiger partial charge >= 0.3 is 0 Å². The highest BCUT2D eigenvalue weighted by atomic mass is 15.1. The molecule has 0 aromatic heterocycles. The number of nitrogens with zero attached hydrogens (tertiary/aromatic N) is 1. The summed E-state index contributed by atoms with van der Waals surface area (Å²) in [4.78, 5) is 2.39. The fourth-order valence-electron chi connectivity index (χ4n) is 3.50. The summed E-state index contributed by atoms with van der Waals surface area (Å²) in [5, 5.41) is 3.91. The molecule has 2 nitrogen and oxygen atoms in total. The standard InChI is InChI=1S/C14H28N2/c1-11-5-4-6-12(9-11)15-13-7-8-14(10-13)16(2)3/h11-15H,4-10H2,1-3H3. The second-order valence-corrected chi connectivity index (χ2v) is 6.26. The molecule has 94 valence electrons. The Morgan fingerprint density at radius 2 is 1.69 bits per heavy atom. The van der Waals surface area contributed by atoms with Gasteiger partial charge in [-0.05, 0) is 52.1 Å². The van der Waals surface area contributed by atoms with Crippen molar-refractivity contribution in [1.29, 1.82) is 0 Å². The van der Waals surface area contributed by atoms with E-state index in [0.29, 0.717) is 0 Å². The van der Waals surface area contributed by atoms with Crippen LogP contribution >= 0.6 is 0 Å². The van der Waals surface area contributed by atoms with Crippen molar-refractivity contribution in [2.45, 2.75) is 70.0 Å². The minimum Gasteiger partial charge on any atom is -0.311 e. The molecule has 16 heavy (non-hydrogen) atoms. The molecule has 2 heteroatoms. The molecule has 0 heterocycles. The summed E-state index contributed by atoms with van der Waals surface area (Å²) in [6, 6.07) is 2.43. The van der Waals surface area contributed by atoms with Crippen molar-refractivity contribution in [3.8, 4) is 0 Å². The van der Waals surface area contributed by atoms with Gasteiger partial charge in [0.05, 0.1) is 0 Å². The summed E-state index contributed by atoms with van der Waals surface area (Å²) in [5.74, 6) is 0.942. The second kappa shape index (κ2) is 5.50. The minimum atomic E-state index is 0.794. The second-order valence-electron chi connectivity index (χ2n) is 6.26. The van der Waals surface area contributed by atoms with Crippen LogP contribution in [0.15, 0.2) is 0 Å². The molecule has 0 aromatic rings. The lowest BCUT2D eigenvalue weighted by Crippen LogP contribution is -2.40. The van der Waals surface area contributed by atoms with Crippen molar-refractivity contribution >= 4 is 0 Å². The van der Waals surface area contributed by atoms with E-state index >= 15 is 0 Å². The molecule has 0 saturated heterocycles. The van der Waals surface area contributed by atoms with E-state index in [9.17, 15) is 0 Å². The maximum absolute atomic E-state index is 3.91. The van der Waals surface area contributed by atoms with Crippen molar-refractivity contribution in [2.24, 2.45) is 5.92 Å². The Kier molecular flexibility index (Phi) is 4.26. The molecular weight excluding hydrogens is 196 g/mol. The Morgan fingerprint density at radius 1 is 0.938 bits per heavy atom. The largest absolute Gasteiger partial charge is 0.311 e. The van der Waals surface area contributed by atoms with Gasteiger partial charge in [-0.15, -0.1) is 0 Å². The molecular formula is C14H28N2. The van der Waals surface area contributed by atoms with Crippen LogP contribution in [0.1, 0.15) is 51.9 Å². The molecule has 0 bridgehead atoms. The summed E-state index contributed by atoms with van der Waals surface area (Å²) in [7, 11) is 4.44. The van der Waals surface area contributed by atoms with E-state index in [4.69, 9.17) is 0 Å². The zero-order valence-electron chi connectivity index (χ0n) is 11.2. The summed E-state index contributed by atoms with van der Waals surface area (Å²) in [6.45, 7) is 2.41. The van der Waals surface area contributed by atoms with Crippen molar-refractivity contribution in [1.82, 2.24) is 10.2 Å². The molecule has 2 aliphatic carbocycles. The average molecular weight is 224 g/mol. The van der Waals surface area contributed by atoms with Gasteiger partial charge in [-0.3, -0.25) is 0 Å². The first-order chi connectivity index (χ1) is 7.65. The quantitative estimate of drug-likeness (QED) is 0.793. The van der Waals surface area contributed by atoms with Crippen LogP contribution in [-0.4, -0.2) is 37.1 Å². The predicted molar refractivity (Wildman–Crippen MR) is 69.7 cm³/mol. The Morgan fingerprint density at radius 3 is 2.31 bits per heavy atom. The molecule has 1 N–H and O–H groups in total. The number of hydrogen-bond donors (Lipinski definition) is 1. The first-order valence-corrected chi connectivity index (χ1v) is 7.07. The third-order valence-electron chi connectivity index (χ3n) is 4.54. The summed E-state index contributed by atoms with van der Waals surface area (Å²) >= 11 is 0. The zero-order chi connectivity index (χ0) is 11.5. The van der Waals surface area contributed by atoms with Gasteiger partial charge in [0, 0.05) is 18.1 Å². The third-order valence-corrected chi connectivity index (χ3v) is 4.54. The maximum atomic E-state index is 3.91. The molecule has 2 rings (SSSR count). The van der Waals surface area contributed by atoms with E-state index in [2.05, 4.69) is 31.2 Å². The monoisotopic (exact) mass is 224 g/mol. The molecule has 0 radical (unpaired) electrons. The van der Waals surface area contributed by atoms with Gasteiger partial charge < -0.3 is 10.2 Å². The molecule has 4 unspecified atom stereocenters. The number of hydrogen-bond acceptors (Lipinski definition) is 2. The smallest absolute Gasteiger partial charge is 0.0105 e. The topological polar surface area (TPSA) is 15.3 Å². The van der Waals surface area contributed by atoms with E-state index in [0.717, 1.165) is 24.0 Å². The van der Waals surface area contributed by atoms with Crippen molar-refractivity contribution in [3.63, 3.8) is 0 Å². The fraction of sp³-hybridized carbons (Fsp3) is 1.00. The molecule has 0 spiro atoms. The molecule has 0 aromatic carbocycles. The van der Waals surface area contributed by atoms with Crippen LogP contribution in [0.25, 0.3) is 0 Å². The Hall–Kier alpha value is -0.0800.